The second kappa shape index (κ2) is 8.67. The fourth-order valence-electron chi connectivity index (χ4n) is 2.68. The highest BCUT2D eigenvalue weighted by Gasteiger charge is 2.22. The predicted octanol–water partition coefficient (Wildman–Crippen LogP) is 4.13. The van der Waals surface area contributed by atoms with Crippen molar-refractivity contribution in [3.8, 4) is 0 Å². The van der Waals surface area contributed by atoms with Crippen LogP contribution in [0.2, 0.25) is 5.02 Å². The van der Waals surface area contributed by atoms with E-state index in [4.69, 9.17) is 11.6 Å². The monoisotopic (exact) mass is 358 g/mol. The lowest BCUT2D eigenvalue weighted by molar-refractivity contribution is -0.132. The zero-order chi connectivity index (χ0) is 18.4. The maximum Gasteiger partial charge on any atom is 0.225 e. The van der Waals surface area contributed by atoms with Gasteiger partial charge >= 0.3 is 0 Å². The SMILES string of the molecule is CC(=O)NC(CC(=O)N(C)C(C)c1ccc(Cl)cc1)c1ccccc1. The average Bonchev–Trinajstić information content (AvgIpc) is 2.61. The van der Waals surface area contributed by atoms with Crippen molar-refractivity contribution in [2.75, 3.05) is 7.05 Å². The van der Waals surface area contributed by atoms with Crippen LogP contribution in [0, 0.1) is 0 Å². The summed E-state index contributed by atoms with van der Waals surface area (Å²) in [6, 6.07) is 16.6. The minimum Gasteiger partial charge on any atom is -0.349 e. The van der Waals surface area contributed by atoms with Gasteiger partial charge in [-0.15, -0.1) is 0 Å². The number of carbonyl (C=O) groups is 2. The normalized spacial score (nSPS) is 13.0. The molecule has 2 unspecified atom stereocenters. The van der Waals surface area contributed by atoms with Crippen LogP contribution in [0.25, 0.3) is 0 Å². The third-order valence-corrected chi connectivity index (χ3v) is 4.54. The molecule has 0 spiro atoms. The fourth-order valence-corrected chi connectivity index (χ4v) is 2.81. The van der Waals surface area contributed by atoms with Crippen molar-refractivity contribution in [2.45, 2.75) is 32.4 Å². The molecule has 2 rings (SSSR count). The second-order valence-corrected chi connectivity index (χ2v) is 6.54. The number of nitrogens with one attached hydrogen (secondary N) is 1. The van der Waals surface area contributed by atoms with Crippen molar-refractivity contribution in [3.05, 3.63) is 70.7 Å². The van der Waals surface area contributed by atoms with E-state index in [1.54, 1.807) is 11.9 Å². The van der Waals surface area contributed by atoms with Gasteiger partial charge in [-0.3, -0.25) is 9.59 Å². The van der Waals surface area contributed by atoms with Gasteiger partial charge in [-0.2, -0.15) is 0 Å². The first-order valence-electron chi connectivity index (χ1n) is 8.21. The molecule has 0 saturated heterocycles. The van der Waals surface area contributed by atoms with Gasteiger partial charge in [0.25, 0.3) is 0 Å². The quantitative estimate of drug-likeness (QED) is 0.844. The standard InChI is InChI=1S/C20H23ClN2O2/c1-14(16-9-11-18(21)12-10-16)23(3)20(25)13-19(22-15(2)24)17-7-5-4-6-8-17/h4-12,14,19H,13H2,1-3H3,(H,22,24). The lowest BCUT2D eigenvalue weighted by Gasteiger charge is -2.28. The van der Waals surface area contributed by atoms with Crippen molar-refractivity contribution in [3.63, 3.8) is 0 Å². The second-order valence-electron chi connectivity index (χ2n) is 6.10. The Labute approximate surface area is 153 Å². The van der Waals surface area contributed by atoms with Crippen LogP contribution in [0.15, 0.2) is 54.6 Å². The van der Waals surface area contributed by atoms with Crippen LogP contribution in [0.1, 0.15) is 43.5 Å². The molecule has 0 aromatic heterocycles. The highest BCUT2D eigenvalue weighted by molar-refractivity contribution is 6.30. The Morgan fingerprint density at radius 1 is 1.04 bits per heavy atom. The molecule has 0 fully saturated rings. The summed E-state index contributed by atoms with van der Waals surface area (Å²) in [6.45, 7) is 3.43. The van der Waals surface area contributed by atoms with Gasteiger partial charge < -0.3 is 10.2 Å². The molecule has 0 aliphatic rings. The number of nitrogens with zero attached hydrogens (tertiary/aromatic N) is 1. The van der Waals surface area contributed by atoms with E-state index >= 15 is 0 Å². The van der Waals surface area contributed by atoms with Crippen molar-refractivity contribution < 1.29 is 9.59 Å². The molecule has 2 amide bonds. The lowest BCUT2D eigenvalue weighted by atomic mass is 10.0. The average molecular weight is 359 g/mol. The van der Waals surface area contributed by atoms with Crippen molar-refractivity contribution in [1.82, 2.24) is 10.2 Å². The molecule has 0 heterocycles. The summed E-state index contributed by atoms with van der Waals surface area (Å²) < 4.78 is 0. The van der Waals surface area contributed by atoms with Crippen LogP contribution in [-0.4, -0.2) is 23.8 Å². The molecule has 0 aliphatic carbocycles. The van der Waals surface area contributed by atoms with Crippen molar-refractivity contribution in [1.29, 1.82) is 0 Å². The van der Waals surface area contributed by atoms with E-state index in [2.05, 4.69) is 5.32 Å². The Morgan fingerprint density at radius 2 is 1.64 bits per heavy atom. The summed E-state index contributed by atoms with van der Waals surface area (Å²) in [5, 5.41) is 3.53. The molecule has 25 heavy (non-hydrogen) atoms. The minimum absolute atomic E-state index is 0.0370. The Kier molecular flexibility index (Phi) is 6.59. The number of benzene rings is 2. The largest absolute Gasteiger partial charge is 0.349 e. The molecule has 2 aromatic rings. The predicted molar refractivity (Wildman–Crippen MR) is 100 cm³/mol. The van der Waals surface area contributed by atoms with Crippen LogP contribution < -0.4 is 5.32 Å². The fraction of sp³-hybridized carbons (Fsp3) is 0.300. The Hall–Kier alpha value is -2.33. The number of hydrogen-bond donors (Lipinski definition) is 1. The van der Waals surface area contributed by atoms with Gasteiger partial charge in [-0.25, -0.2) is 0 Å². The molecule has 2 atom stereocenters. The van der Waals surface area contributed by atoms with E-state index in [9.17, 15) is 9.59 Å². The van der Waals surface area contributed by atoms with E-state index in [-0.39, 0.29) is 30.3 Å². The van der Waals surface area contributed by atoms with Crippen LogP contribution in [0.3, 0.4) is 0 Å². The van der Waals surface area contributed by atoms with Gasteiger partial charge in [0.15, 0.2) is 0 Å². The summed E-state index contributed by atoms with van der Waals surface area (Å²) in [6.07, 6.45) is 0.206. The molecule has 2 aromatic carbocycles. The molecule has 0 radical (unpaired) electrons. The van der Waals surface area contributed by atoms with Crippen LogP contribution in [0.4, 0.5) is 0 Å². The highest BCUT2D eigenvalue weighted by Crippen LogP contribution is 2.24. The van der Waals surface area contributed by atoms with Gasteiger partial charge in [-0.1, -0.05) is 54.1 Å². The number of rotatable bonds is 6. The van der Waals surface area contributed by atoms with E-state index in [1.165, 1.54) is 6.92 Å². The number of carbonyl (C=O) groups excluding carboxylic acids is 2. The van der Waals surface area contributed by atoms with E-state index in [0.29, 0.717) is 5.02 Å². The smallest absolute Gasteiger partial charge is 0.225 e. The van der Waals surface area contributed by atoms with E-state index < -0.39 is 0 Å². The first-order chi connectivity index (χ1) is 11.9. The van der Waals surface area contributed by atoms with Crippen molar-refractivity contribution in [2.24, 2.45) is 0 Å². The molecular formula is C20H23ClN2O2. The first kappa shape index (κ1) is 19.0. The molecular weight excluding hydrogens is 336 g/mol. The molecule has 0 aliphatic heterocycles. The molecule has 132 valence electrons. The van der Waals surface area contributed by atoms with Crippen LogP contribution in [-0.2, 0) is 9.59 Å². The van der Waals surface area contributed by atoms with Crippen LogP contribution >= 0.6 is 11.6 Å². The highest BCUT2D eigenvalue weighted by atomic mass is 35.5. The zero-order valence-corrected chi connectivity index (χ0v) is 15.5. The van der Waals surface area contributed by atoms with E-state index in [1.807, 2.05) is 61.5 Å². The van der Waals surface area contributed by atoms with Gasteiger partial charge in [0.2, 0.25) is 11.8 Å². The molecule has 0 bridgehead atoms. The van der Waals surface area contributed by atoms with Gasteiger partial charge in [-0.05, 0) is 30.2 Å². The lowest BCUT2D eigenvalue weighted by Crippen LogP contribution is -2.35. The van der Waals surface area contributed by atoms with Gasteiger partial charge in [0, 0.05) is 19.0 Å². The third-order valence-electron chi connectivity index (χ3n) is 4.28. The number of amides is 2. The Bertz CT molecular complexity index is 716. The third kappa shape index (κ3) is 5.33. The minimum atomic E-state index is -0.342. The summed E-state index contributed by atoms with van der Waals surface area (Å²) in [5.41, 5.74) is 1.93. The molecule has 0 saturated carbocycles. The summed E-state index contributed by atoms with van der Waals surface area (Å²) >= 11 is 5.92. The maximum atomic E-state index is 12.7. The topological polar surface area (TPSA) is 49.4 Å². The van der Waals surface area contributed by atoms with Gasteiger partial charge in [0.1, 0.15) is 0 Å². The molecule has 5 heteroatoms. The zero-order valence-electron chi connectivity index (χ0n) is 14.7. The summed E-state index contributed by atoms with van der Waals surface area (Å²) in [7, 11) is 1.78. The van der Waals surface area contributed by atoms with Crippen LogP contribution in [0.5, 0.6) is 0 Å². The van der Waals surface area contributed by atoms with Crippen molar-refractivity contribution >= 4 is 23.4 Å². The maximum absolute atomic E-state index is 12.7. The molecule has 4 nitrogen and oxygen atoms in total. The number of halogens is 1. The Morgan fingerprint density at radius 3 is 2.20 bits per heavy atom. The van der Waals surface area contributed by atoms with Gasteiger partial charge in [0.05, 0.1) is 18.5 Å². The summed E-state index contributed by atoms with van der Waals surface area (Å²) in [5.74, 6) is -0.194. The van der Waals surface area contributed by atoms with E-state index in [0.717, 1.165) is 11.1 Å². The Balaban J connectivity index is 2.11. The number of hydrogen-bond acceptors (Lipinski definition) is 2. The first-order valence-corrected chi connectivity index (χ1v) is 8.59. The molecule has 1 N–H and O–H groups in total. The summed E-state index contributed by atoms with van der Waals surface area (Å²) in [4.78, 5) is 26.0.